The van der Waals surface area contributed by atoms with Crippen LogP contribution < -0.4 is 4.90 Å². The lowest BCUT2D eigenvalue weighted by Gasteiger charge is -2.41. The number of hydrogen-bond donors (Lipinski definition) is 0. The summed E-state index contributed by atoms with van der Waals surface area (Å²) in [5.74, 6) is 0.682. The van der Waals surface area contributed by atoms with E-state index >= 15 is 0 Å². The molecule has 42 heavy (non-hydrogen) atoms. The van der Waals surface area contributed by atoms with Crippen LogP contribution in [0.2, 0.25) is 15.1 Å². The van der Waals surface area contributed by atoms with Crippen LogP contribution in [0.15, 0.2) is 84.9 Å². The van der Waals surface area contributed by atoms with E-state index in [0.717, 1.165) is 42.5 Å². The van der Waals surface area contributed by atoms with Gasteiger partial charge in [0.1, 0.15) is 6.79 Å². The van der Waals surface area contributed by atoms with Crippen LogP contribution in [0.5, 0.6) is 0 Å². The normalized spacial score (nSPS) is 16.6. The maximum Gasteiger partial charge on any atom is 0.106 e. The fraction of sp³-hybridized carbons (Fsp3) is 0.306. The number of aryl methyl sites for hydroxylation is 1. The molecule has 0 spiro atoms. The van der Waals surface area contributed by atoms with E-state index < -0.39 is 0 Å². The van der Waals surface area contributed by atoms with Crippen molar-refractivity contribution >= 4 is 47.3 Å². The molecule has 1 heterocycles. The lowest BCUT2D eigenvalue weighted by atomic mass is 9.87. The number of piperazine rings is 1. The Hall–Kier alpha value is -2.82. The third-order valence-electron chi connectivity index (χ3n) is 8.74. The Morgan fingerprint density at radius 3 is 2.19 bits per heavy atom. The van der Waals surface area contributed by atoms with Crippen molar-refractivity contribution in [3.63, 3.8) is 0 Å². The molecule has 3 nitrogen and oxygen atoms in total. The van der Waals surface area contributed by atoms with E-state index in [4.69, 9.17) is 39.6 Å². The molecule has 1 aliphatic carbocycles. The summed E-state index contributed by atoms with van der Waals surface area (Å²) in [5.41, 5.74) is 8.90. The third kappa shape index (κ3) is 6.71. The summed E-state index contributed by atoms with van der Waals surface area (Å²) < 4.78 is 0. The van der Waals surface area contributed by atoms with Gasteiger partial charge in [-0.3, -0.25) is 4.90 Å². The molecule has 1 atom stereocenters. The number of halogens is 3. The Morgan fingerprint density at radius 2 is 1.45 bits per heavy atom. The first kappa shape index (κ1) is 30.6. The zero-order valence-electron chi connectivity index (χ0n) is 24.0. The van der Waals surface area contributed by atoms with E-state index in [1.54, 1.807) is 0 Å². The van der Waals surface area contributed by atoms with Crippen molar-refractivity contribution in [3.05, 3.63) is 122 Å². The van der Waals surface area contributed by atoms with Gasteiger partial charge in [-0.2, -0.15) is 0 Å². The van der Waals surface area contributed by atoms with E-state index in [1.165, 1.54) is 53.5 Å². The fourth-order valence-electron chi connectivity index (χ4n) is 6.57. The molecule has 0 radical (unpaired) electrons. The summed E-state index contributed by atoms with van der Waals surface area (Å²) in [6.45, 7) is 7.90. The molecule has 6 heteroatoms. The van der Waals surface area contributed by atoms with E-state index in [-0.39, 0.29) is 6.04 Å². The quantitative estimate of drug-likeness (QED) is 0.215. The van der Waals surface area contributed by atoms with Crippen LogP contribution in [0, 0.1) is 6.92 Å². The average molecular weight is 620 g/mol. The highest BCUT2D eigenvalue weighted by atomic mass is 35.5. The second-order valence-electron chi connectivity index (χ2n) is 11.2. The number of nitrogens with zero attached hydrogens (tertiary/aromatic N) is 2. The SMILES string of the molecule is C=O.Cc1ccc(-c2cccc(Cl)c2)cc1C(c1cccc(C2CCCC2)c1)N1CCN(c2cccc(Cl)c2Cl)CC1. The topological polar surface area (TPSA) is 23.6 Å². The zero-order valence-corrected chi connectivity index (χ0v) is 26.3. The molecule has 4 aromatic rings. The molecule has 1 saturated carbocycles. The van der Waals surface area contributed by atoms with Gasteiger partial charge in [0.25, 0.3) is 0 Å². The van der Waals surface area contributed by atoms with Crippen molar-refractivity contribution in [2.24, 2.45) is 0 Å². The summed E-state index contributed by atoms with van der Waals surface area (Å²) in [6, 6.07) is 30.5. The smallest absolute Gasteiger partial charge is 0.106 e. The van der Waals surface area contributed by atoms with Crippen LogP contribution >= 0.6 is 34.8 Å². The van der Waals surface area contributed by atoms with Crippen molar-refractivity contribution < 1.29 is 4.79 Å². The summed E-state index contributed by atoms with van der Waals surface area (Å²) >= 11 is 19.3. The average Bonchev–Trinajstić information content (AvgIpc) is 3.57. The number of anilines is 1. The third-order valence-corrected chi connectivity index (χ3v) is 9.78. The summed E-state index contributed by atoms with van der Waals surface area (Å²) in [7, 11) is 0. The minimum absolute atomic E-state index is 0.164. The van der Waals surface area contributed by atoms with Crippen molar-refractivity contribution in [2.75, 3.05) is 31.1 Å². The fourth-order valence-corrected chi connectivity index (χ4v) is 7.17. The number of benzene rings is 4. The second-order valence-corrected chi connectivity index (χ2v) is 12.5. The van der Waals surface area contributed by atoms with E-state index in [2.05, 4.69) is 77.4 Å². The highest BCUT2D eigenvalue weighted by Gasteiger charge is 2.29. The van der Waals surface area contributed by atoms with Crippen LogP contribution in [-0.2, 0) is 4.79 Å². The summed E-state index contributed by atoms with van der Waals surface area (Å²) in [6.07, 6.45) is 5.28. The lowest BCUT2D eigenvalue weighted by Crippen LogP contribution is -2.48. The van der Waals surface area contributed by atoms with Gasteiger partial charge in [0.15, 0.2) is 0 Å². The molecule has 2 fully saturated rings. The van der Waals surface area contributed by atoms with Gasteiger partial charge in [0.05, 0.1) is 21.8 Å². The van der Waals surface area contributed by atoms with E-state index in [9.17, 15) is 0 Å². The minimum Gasteiger partial charge on any atom is -0.368 e. The van der Waals surface area contributed by atoms with Gasteiger partial charge >= 0.3 is 0 Å². The Balaban J connectivity index is 0.00000173. The van der Waals surface area contributed by atoms with Gasteiger partial charge in [-0.25, -0.2) is 0 Å². The van der Waals surface area contributed by atoms with E-state index in [0.29, 0.717) is 16.0 Å². The highest BCUT2D eigenvalue weighted by molar-refractivity contribution is 6.43. The highest BCUT2D eigenvalue weighted by Crippen LogP contribution is 2.40. The van der Waals surface area contributed by atoms with Crippen molar-refractivity contribution in [1.29, 1.82) is 0 Å². The van der Waals surface area contributed by atoms with Crippen LogP contribution in [0.25, 0.3) is 11.1 Å². The molecule has 6 rings (SSSR count). The summed E-state index contributed by atoms with van der Waals surface area (Å²) in [5, 5.41) is 2.01. The Morgan fingerprint density at radius 1 is 0.762 bits per heavy atom. The van der Waals surface area contributed by atoms with E-state index in [1.807, 2.05) is 31.1 Å². The van der Waals surface area contributed by atoms with Gasteiger partial charge < -0.3 is 9.69 Å². The van der Waals surface area contributed by atoms with Crippen LogP contribution in [0.4, 0.5) is 5.69 Å². The zero-order chi connectivity index (χ0) is 29.6. The first-order valence-corrected chi connectivity index (χ1v) is 15.8. The van der Waals surface area contributed by atoms with Gasteiger partial charge in [0.2, 0.25) is 0 Å². The van der Waals surface area contributed by atoms with Crippen molar-refractivity contribution in [3.8, 4) is 11.1 Å². The van der Waals surface area contributed by atoms with Crippen LogP contribution in [-0.4, -0.2) is 37.9 Å². The first-order chi connectivity index (χ1) is 20.5. The van der Waals surface area contributed by atoms with Gasteiger partial charge in [-0.05, 0) is 89.4 Å². The molecule has 2 aliphatic rings. The number of carbonyl (C=O) groups excluding carboxylic acids is 1. The molecule has 4 aromatic carbocycles. The Labute approximate surface area is 265 Å². The Bertz CT molecular complexity index is 1510. The predicted octanol–water partition coefficient (Wildman–Crippen LogP) is 10.0. The molecule has 1 saturated heterocycles. The molecular weight excluding hydrogens is 583 g/mol. The van der Waals surface area contributed by atoms with Crippen molar-refractivity contribution in [2.45, 2.75) is 44.6 Å². The maximum atomic E-state index is 8.00. The molecule has 0 bridgehead atoms. The van der Waals surface area contributed by atoms with Gasteiger partial charge in [-0.1, -0.05) is 102 Å². The van der Waals surface area contributed by atoms with Crippen LogP contribution in [0.1, 0.15) is 59.9 Å². The molecule has 1 unspecified atom stereocenters. The Kier molecular flexibility index (Phi) is 10.3. The van der Waals surface area contributed by atoms with Crippen LogP contribution in [0.3, 0.4) is 0 Å². The monoisotopic (exact) mass is 618 g/mol. The molecule has 0 amide bonds. The number of rotatable bonds is 6. The molecular formula is C36H37Cl3N2O. The molecule has 0 aromatic heterocycles. The van der Waals surface area contributed by atoms with Gasteiger partial charge in [0, 0.05) is 31.2 Å². The lowest BCUT2D eigenvalue weighted by molar-refractivity contribution is -0.0979. The number of carbonyl (C=O) groups is 1. The molecule has 218 valence electrons. The number of hydrogen-bond acceptors (Lipinski definition) is 3. The largest absolute Gasteiger partial charge is 0.368 e. The maximum absolute atomic E-state index is 8.00. The predicted molar refractivity (Wildman–Crippen MR) is 178 cm³/mol. The standard InChI is InChI=1S/C35H35Cl3N2.CH2O/c1-24-15-16-28(27-10-5-12-30(36)22-27)23-31(24)35(29-11-4-9-26(21-29)25-7-2-3-8-25)40-19-17-39(18-20-40)33-14-6-13-32(37)34(33)38;1-2/h4-6,9-16,21-23,25,35H,2-3,7-8,17-20H2,1H3;1H2. The minimum atomic E-state index is 0.164. The first-order valence-electron chi connectivity index (χ1n) is 14.7. The molecule has 1 aliphatic heterocycles. The second kappa shape index (κ2) is 14.1. The van der Waals surface area contributed by atoms with Gasteiger partial charge in [-0.15, -0.1) is 0 Å². The molecule has 0 N–H and O–H groups in total. The van der Waals surface area contributed by atoms with Crippen molar-refractivity contribution in [1.82, 2.24) is 4.90 Å². The summed E-state index contributed by atoms with van der Waals surface area (Å²) in [4.78, 5) is 13.0.